The molecule has 1 N–H and O–H groups in total. The normalized spacial score (nSPS) is 11.5. The van der Waals surface area contributed by atoms with Gasteiger partial charge in [-0.1, -0.05) is 53.2 Å². The number of anilines is 2. The van der Waals surface area contributed by atoms with E-state index in [4.69, 9.17) is 25.6 Å². The van der Waals surface area contributed by atoms with E-state index in [1.807, 2.05) is 19.1 Å². The summed E-state index contributed by atoms with van der Waals surface area (Å²) in [5.74, 6) is 0.641. The van der Waals surface area contributed by atoms with Gasteiger partial charge in [-0.05, 0) is 49.6 Å². The van der Waals surface area contributed by atoms with Crippen LogP contribution < -0.4 is 9.62 Å². The van der Waals surface area contributed by atoms with Gasteiger partial charge in [0, 0.05) is 37.6 Å². The van der Waals surface area contributed by atoms with E-state index in [1.54, 1.807) is 38.1 Å². The van der Waals surface area contributed by atoms with Crippen molar-refractivity contribution in [3.8, 4) is 11.1 Å². The van der Waals surface area contributed by atoms with Gasteiger partial charge in [0.15, 0.2) is 5.82 Å². The highest BCUT2D eigenvalue weighted by atomic mass is 35.5. The van der Waals surface area contributed by atoms with Gasteiger partial charge in [-0.15, -0.1) is 0 Å². The number of sulfonamides is 1. The fourth-order valence-corrected chi connectivity index (χ4v) is 6.14. The van der Waals surface area contributed by atoms with Crippen molar-refractivity contribution in [1.82, 2.24) is 10.1 Å². The van der Waals surface area contributed by atoms with E-state index in [0.717, 1.165) is 15.4 Å². The molecule has 0 saturated heterocycles. The first-order valence-electron chi connectivity index (χ1n) is 12.9. The van der Waals surface area contributed by atoms with Crippen molar-refractivity contribution in [2.75, 3.05) is 30.1 Å². The smallest absolute Gasteiger partial charge is 0.329 e. The quantitative estimate of drug-likeness (QED) is 0.0838. The van der Waals surface area contributed by atoms with Gasteiger partial charge in [0.2, 0.25) is 5.15 Å². The molecule has 2 aromatic carbocycles. The predicted octanol–water partition coefficient (Wildman–Crippen LogP) is 5.86. The van der Waals surface area contributed by atoms with Crippen LogP contribution in [-0.2, 0) is 32.6 Å². The maximum absolute atomic E-state index is 14.1. The van der Waals surface area contributed by atoms with Crippen molar-refractivity contribution in [2.45, 2.75) is 38.8 Å². The Labute approximate surface area is 248 Å². The van der Waals surface area contributed by atoms with Gasteiger partial charge in [-0.25, -0.2) is 17.7 Å². The van der Waals surface area contributed by atoms with Crippen molar-refractivity contribution >= 4 is 38.8 Å². The molecule has 0 bridgehead atoms. The monoisotopic (exact) mass is 615 g/mol. The van der Waals surface area contributed by atoms with E-state index in [9.17, 15) is 18.5 Å². The molecule has 0 amide bonds. The lowest BCUT2D eigenvalue weighted by Gasteiger charge is -2.23. The third-order valence-corrected chi connectivity index (χ3v) is 8.58. The summed E-state index contributed by atoms with van der Waals surface area (Å²) in [5, 5.41) is 18.3. The summed E-state index contributed by atoms with van der Waals surface area (Å²) in [6.07, 6.45) is 1.38. The lowest BCUT2D eigenvalue weighted by molar-refractivity contribution is -0.384. The molecule has 14 heteroatoms. The van der Waals surface area contributed by atoms with Gasteiger partial charge < -0.3 is 19.3 Å². The average Bonchev–Trinajstić information content (AvgIpc) is 3.30. The van der Waals surface area contributed by atoms with Gasteiger partial charge in [-0.2, -0.15) is 0 Å². The predicted molar refractivity (Wildman–Crippen MR) is 158 cm³/mol. The topological polar surface area (TPSA) is 150 Å². The van der Waals surface area contributed by atoms with E-state index >= 15 is 0 Å². The summed E-state index contributed by atoms with van der Waals surface area (Å²) in [5.41, 5.74) is 3.11. The van der Waals surface area contributed by atoms with Crippen LogP contribution in [0.25, 0.3) is 11.1 Å². The molecule has 0 unspecified atom stereocenters. The first-order chi connectivity index (χ1) is 20.1. The first kappa shape index (κ1) is 30.9. The Bertz CT molecular complexity index is 1690. The molecule has 0 aliphatic rings. The summed E-state index contributed by atoms with van der Waals surface area (Å²) in [6, 6.07) is 13.6. The van der Waals surface area contributed by atoms with Crippen molar-refractivity contribution in [1.29, 1.82) is 0 Å². The average molecular weight is 616 g/mol. The molecule has 2 heterocycles. The number of pyridine rings is 1. The fourth-order valence-electron chi connectivity index (χ4n) is 4.33. The molecule has 0 atom stereocenters. The fraction of sp³-hybridized carbons (Fsp3) is 0.286. The number of nitrogens with zero attached hydrogens (tertiary/aromatic N) is 4. The minimum atomic E-state index is -4.16. The number of aromatic nitrogens is 2. The van der Waals surface area contributed by atoms with Crippen LogP contribution in [0.1, 0.15) is 29.4 Å². The van der Waals surface area contributed by atoms with Crippen molar-refractivity contribution in [3.05, 3.63) is 92.4 Å². The number of nitro groups is 1. The molecule has 2 aromatic heterocycles. The molecule has 222 valence electrons. The lowest BCUT2D eigenvalue weighted by Crippen LogP contribution is -2.34. The molecular weight excluding hydrogens is 586 g/mol. The summed E-state index contributed by atoms with van der Waals surface area (Å²) in [4.78, 5) is 14.7. The minimum Gasteiger partial charge on any atom is -0.377 e. The van der Waals surface area contributed by atoms with Crippen LogP contribution in [0, 0.1) is 24.0 Å². The van der Waals surface area contributed by atoms with E-state index in [1.165, 1.54) is 25.4 Å². The first-order valence-corrected chi connectivity index (χ1v) is 14.7. The maximum atomic E-state index is 14.1. The Balaban J connectivity index is 1.75. The highest BCUT2D eigenvalue weighted by Crippen LogP contribution is 2.36. The molecular formula is C28H30ClN5O7S. The molecule has 42 heavy (non-hydrogen) atoms. The molecule has 0 saturated carbocycles. The van der Waals surface area contributed by atoms with Gasteiger partial charge in [0.1, 0.15) is 18.2 Å². The number of rotatable bonds is 13. The van der Waals surface area contributed by atoms with Crippen molar-refractivity contribution in [3.63, 3.8) is 0 Å². The standard InChI is InChI=1S/C28H30ClN5O7S/c1-5-40-16-21-14-20(15-31-24-12-13-30-27(29)26(24)34(35)36)10-11-22(21)23-8-6-7-9-25(23)42(37,38)33(17-39-4)28-18(2)19(3)41-32-28/h6-14H,5,15-17H2,1-4H3,(H,30,31). The van der Waals surface area contributed by atoms with Crippen LogP contribution in [0.3, 0.4) is 0 Å². The second kappa shape index (κ2) is 13.3. The zero-order valence-electron chi connectivity index (χ0n) is 23.5. The number of methoxy groups -OCH3 is 1. The zero-order chi connectivity index (χ0) is 30.4. The third kappa shape index (κ3) is 6.39. The number of nitrogens with one attached hydrogen (secondary N) is 1. The molecule has 0 aliphatic carbocycles. The number of hydrogen-bond donors (Lipinski definition) is 1. The van der Waals surface area contributed by atoms with Crippen LogP contribution in [-0.4, -0.2) is 43.9 Å². The van der Waals surface area contributed by atoms with E-state index in [2.05, 4.69) is 15.5 Å². The van der Waals surface area contributed by atoms with Crippen LogP contribution >= 0.6 is 11.6 Å². The molecule has 12 nitrogen and oxygen atoms in total. The molecule has 0 aliphatic heterocycles. The summed E-state index contributed by atoms with van der Waals surface area (Å²) in [6.45, 7) is 5.90. The van der Waals surface area contributed by atoms with Gasteiger partial charge in [-0.3, -0.25) is 10.1 Å². The number of ether oxygens (including phenoxy) is 2. The Hall–Kier alpha value is -4.04. The second-order valence-electron chi connectivity index (χ2n) is 9.19. The molecule has 4 rings (SSSR count). The highest BCUT2D eigenvalue weighted by molar-refractivity contribution is 7.93. The Morgan fingerprint density at radius 3 is 2.57 bits per heavy atom. The second-order valence-corrected chi connectivity index (χ2v) is 11.4. The molecule has 0 fully saturated rings. The van der Waals surface area contributed by atoms with E-state index in [-0.39, 0.29) is 47.1 Å². The maximum Gasteiger partial charge on any atom is 0.329 e. The summed E-state index contributed by atoms with van der Waals surface area (Å²) in [7, 11) is -2.76. The van der Waals surface area contributed by atoms with Gasteiger partial charge in [0.05, 0.1) is 16.4 Å². The molecule has 0 spiro atoms. The third-order valence-electron chi connectivity index (χ3n) is 6.54. The number of aryl methyl sites for hydroxylation is 1. The largest absolute Gasteiger partial charge is 0.377 e. The van der Waals surface area contributed by atoms with Gasteiger partial charge in [0.25, 0.3) is 10.0 Å². The summed E-state index contributed by atoms with van der Waals surface area (Å²) < 4.78 is 45.5. The number of benzene rings is 2. The van der Waals surface area contributed by atoms with E-state index < -0.39 is 14.9 Å². The Morgan fingerprint density at radius 1 is 1.14 bits per heavy atom. The number of halogens is 1. The highest BCUT2D eigenvalue weighted by Gasteiger charge is 2.32. The SMILES string of the molecule is CCOCc1cc(CNc2ccnc(Cl)c2[N+](=O)[O-])ccc1-c1ccccc1S(=O)(=O)N(COC)c1noc(C)c1C. The molecule has 0 radical (unpaired) electrons. The number of hydrogen-bond acceptors (Lipinski definition) is 10. The van der Waals surface area contributed by atoms with Gasteiger partial charge >= 0.3 is 5.69 Å². The minimum absolute atomic E-state index is 0.0489. The van der Waals surface area contributed by atoms with Crippen LogP contribution in [0.4, 0.5) is 17.2 Å². The summed E-state index contributed by atoms with van der Waals surface area (Å²) >= 11 is 5.94. The van der Waals surface area contributed by atoms with Crippen LogP contribution in [0.15, 0.2) is 64.1 Å². The van der Waals surface area contributed by atoms with E-state index in [0.29, 0.717) is 29.1 Å². The van der Waals surface area contributed by atoms with Crippen molar-refractivity contribution < 1.29 is 27.3 Å². The van der Waals surface area contributed by atoms with Crippen LogP contribution in [0.5, 0.6) is 0 Å². The molecule has 4 aromatic rings. The Kier molecular flexibility index (Phi) is 9.78. The Morgan fingerprint density at radius 2 is 1.90 bits per heavy atom. The van der Waals surface area contributed by atoms with Crippen molar-refractivity contribution in [2.24, 2.45) is 0 Å². The zero-order valence-corrected chi connectivity index (χ0v) is 25.0. The lowest BCUT2D eigenvalue weighted by atomic mass is 9.97. The van der Waals surface area contributed by atoms with Crippen LogP contribution in [0.2, 0.25) is 5.15 Å².